The molecule has 6 N–H and O–H groups in total. The summed E-state index contributed by atoms with van der Waals surface area (Å²) in [6.45, 7) is 5.92. The van der Waals surface area contributed by atoms with Gasteiger partial charge >= 0.3 is 5.97 Å². The number of carbonyl (C=O) groups excluding carboxylic acids is 2. The predicted molar refractivity (Wildman–Crippen MR) is 119 cm³/mol. The maximum absolute atomic E-state index is 12.7. The summed E-state index contributed by atoms with van der Waals surface area (Å²) in [5.41, 5.74) is 7.35. The van der Waals surface area contributed by atoms with Gasteiger partial charge in [0.1, 0.15) is 17.9 Å². The van der Waals surface area contributed by atoms with Crippen molar-refractivity contribution in [2.45, 2.75) is 52.1 Å². The van der Waals surface area contributed by atoms with E-state index in [9.17, 15) is 18.8 Å². The van der Waals surface area contributed by atoms with Crippen molar-refractivity contribution in [2.75, 3.05) is 19.7 Å². The molecule has 2 atom stereocenters. The Morgan fingerprint density at radius 3 is 2.56 bits per heavy atom. The largest absolute Gasteiger partial charge is 0.480 e. The molecule has 178 valence electrons. The lowest BCUT2D eigenvalue weighted by molar-refractivity contribution is -0.143. The summed E-state index contributed by atoms with van der Waals surface area (Å²) in [6.07, 6.45) is 3.46. The molecule has 1 aliphatic rings. The molecule has 0 bridgehead atoms. The maximum Gasteiger partial charge on any atom is 0.326 e. The number of aliphatic hydroxyl groups excluding tert-OH is 1. The molecule has 3 rings (SSSR count). The third kappa shape index (κ3) is 7.61. The van der Waals surface area contributed by atoms with Gasteiger partial charge in [-0.3, -0.25) is 9.59 Å². The molecule has 1 aromatic heterocycles. The zero-order valence-corrected chi connectivity index (χ0v) is 18.7. The number of carboxylic acids is 1. The molecule has 1 aromatic carbocycles. The van der Waals surface area contributed by atoms with E-state index in [1.807, 2.05) is 13.1 Å². The van der Waals surface area contributed by atoms with Gasteiger partial charge in [0.25, 0.3) is 0 Å². The van der Waals surface area contributed by atoms with Crippen LogP contribution in [0.1, 0.15) is 38.7 Å². The molecule has 9 nitrogen and oxygen atoms in total. The molecule has 2 aromatic rings. The van der Waals surface area contributed by atoms with Crippen LogP contribution >= 0.6 is 0 Å². The molecule has 2 heterocycles. The molecule has 0 saturated carbocycles. The van der Waals surface area contributed by atoms with Crippen LogP contribution in [0.2, 0.25) is 0 Å². The molecule has 2 amide bonds. The minimum atomic E-state index is -1.07. The molecule has 2 unspecified atom stereocenters. The van der Waals surface area contributed by atoms with Gasteiger partial charge in [0.2, 0.25) is 11.8 Å². The van der Waals surface area contributed by atoms with Crippen LogP contribution in [0.15, 0.2) is 24.4 Å². The van der Waals surface area contributed by atoms with Gasteiger partial charge in [-0.25, -0.2) is 9.18 Å². The van der Waals surface area contributed by atoms with Crippen LogP contribution in [0.5, 0.6) is 0 Å². The van der Waals surface area contributed by atoms with Crippen molar-refractivity contribution in [2.24, 2.45) is 5.73 Å². The maximum atomic E-state index is 12.7. The number of nitrogens with one attached hydrogen (secondary N) is 2. The van der Waals surface area contributed by atoms with Gasteiger partial charge in [-0.05, 0) is 56.9 Å². The van der Waals surface area contributed by atoms with Gasteiger partial charge in [0, 0.05) is 30.3 Å². The first-order valence-electron chi connectivity index (χ1n) is 10.6. The van der Waals surface area contributed by atoms with Crippen LogP contribution in [0.3, 0.4) is 0 Å². The Kier molecular flexibility index (Phi) is 11.4. The summed E-state index contributed by atoms with van der Waals surface area (Å²) < 4.78 is 12.7. The van der Waals surface area contributed by atoms with Crippen LogP contribution in [0.25, 0.3) is 10.9 Å². The average Bonchev–Trinajstić information content (AvgIpc) is 3.39. The Balaban J connectivity index is 0.000000308. The van der Waals surface area contributed by atoms with E-state index < -0.39 is 24.0 Å². The number of carbonyl (C=O) groups is 3. The highest BCUT2D eigenvalue weighted by molar-refractivity contribution is 5.91. The van der Waals surface area contributed by atoms with Crippen molar-refractivity contribution < 1.29 is 29.0 Å². The monoisotopic (exact) mass is 452 g/mol. The third-order valence-electron chi connectivity index (χ3n) is 4.92. The number of aliphatic carboxylic acids is 1. The van der Waals surface area contributed by atoms with Crippen LogP contribution < -0.4 is 11.1 Å². The number of rotatable bonds is 5. The topological polar surface area (TPSA) is 149 Å². The zero-order chi connectivity index (χ0) is 24.3. The van der Waals surface area contributed by atoms with Gasteiger partial charge < -0.3 is 31.1 Å². The summed E-state index contributed by atoms with van der Waals surface area (Å²) >= 11 is 0. The van der Waals surface area contributed by atoms with E-state index in [1.54, 1.807) is 26.0 Å². The number of aryl methyl sites for hydroxylation is 1. The number of benzene rings is 1. The SMILES string of the molecule is CCC(NC(=O)C1CCCN1C(=O)CN)C(=O)O.CCO.Cc1c[nH]c2ccc(F)cc12. The van der Waals surface area contributed by atoms with Crippen LogP contribution in [-0.2, 0) is 14.4 Å². The number of halogens is 1. The Morgan fingerprint density at radius 1 is 1.34 bits per heavy atom. The lowest BCUT2D eigenvalue weighted by Gasteiger charge is -2.24. The van der Waals surface area contributed by atoms with E-state index >= 15 is 0 Å². The van der Waals surface area contributed by atoms with Crippen LogP contribution in [0.4, 0.5) is 4.39 Å². The van der Waals surface area contributed by atoms with E-state index in [-0.39, 0.29) is 24.9 Å². The highest BCUT2D eigenvalue weighted by Crippen LogP contribution is 2.18. The summed E-state index contributed by atoms with van der Waals surface area (Å²) in [5.74, 6) is -1.94. The molecule has 1 saturated heterocycles. The number of aromatic nitrogens is 1. The van der Waals surface area contributed by atoms with Gasteiger partial charge in [-0.1, -0.05) is 6.92 Å². The highest BCUT2D eigenvalue weighted by atomic mass is 19.1. The van der Waals surface area contributed by atoms with Crippen molar-refractivity contribution >= 4 is 28.7 Å². The van der Waals surface area contributed by atoms with Gasteiger partial charge in [0.15, 0.2) is 0 Å². The third-order valence-corrected chi connectivity index (χ3v) is 4.92. The average molecular weight is 453 g/mol. The number of hydrogen-bond donors (Lipinski definition) is 5. The fraction of sp³-hybridized carbons (Fsp3) is 0.500. The molecule has 0 aliphatic carbocycles. The van der Waals surface area contributed by atoms with Crippen molar-refractivity contribution in [3.8, 4) is 0 Å². The standard InChI is InChI=1S/C11H19N3O4.C9H8FN.C2H6O/c1-2-7(11(17)18)13-10(16)8-4-3-5-14(8)9(15)6-12;1-6-5-11-9-3-2-7(10)4-8(6)9;1-2-3/h7-8H,2-6,12H2,1H3,(H,13,16)(H,17,18);2-5,11H,1H3;3H,2H2,1H3. The van der Waals surface area contributed by atoms with E-state index in [1.165, 1.54) is 11.0 Å². The highest BCUT2D eigenvalue weighted by Gasteiger charge is 2.34. The van der Waals surface area contributed by atoms with E-state index in [0.717, 1.165) is 22.9 Å². The van der Waals surface area contributed by atoms with E-state index in [4.69, 9.17) is 15.9 Å². The second kappa shape index (κ2) is 13.4. The lowest BCUT2D eigenvalue weighted by atomic mass is 10.1. The number of aromatic amines is 1. The smallest absolute Gasteiger partial charge is 0.326 e. The molecule has 1 fully saturated rings. The summed E-state index contributed by atoms with van der Waals surface area (Å²) in [7, 11) is 0. The van der Waals surface area contributed by atoms with Crippen LogP contribution in [0, 0.1) is 12.7 Å². The fourth-order valence-electron chi connectivity index (χ4n) is 3.29. The first kappa shape index (κ1) is 27.1. The molecule has 32 heavy (non-hydrogen) atoms. The number of H-pyrrole nitrogens is 1. The van der Waals surface area contributed by atoms with Crippen LogP contribution in [-0.4, -0.2) is 69.7 Å². The van der Waals surface area contributed by atoms with E-state index in [2.05, 4.69) is 10.3 Å². The predicted octanol–water partition coefficient (Wildman–Crippen LogP) is 1.53. The molecular weight excluding hydrogens is 419 g/mol. The Morgan fingerprint density at radius 2 is 2.00 bits per heavy atom. The number of nitrogens with two attached hydrogens (primary N) is 1. The van der Waals surface area contributed by atoms with Gasteiger partial charge in [0.05, 0.1) is 6.54 Å². The number of amides is 2. The second-order valence-electron chi connectivity index (χ2n) is 7.23. The summed E-state index contributed by atoms with van der Waals surface area (Å²) in [4.78, 5) is 38.8. The Hall–Kier alpha value is -2.98. The number of nitrogens with zero attached hydrogens (tertiary/aromatic N) is 1. The lowest BCUT2D eigenvalue weighted by Crippen LogP contribution is -2.51. The van der Waals surface area contributed by atoms with Gasteiger partial charge in [-0.2, -0.15) is 0 Å². The quantitative estimate of drug-likeness (QED) is 0.464. The van der Waals surface area contributed by atoms with Crippen molar-refractivity contribution in [1.29, 1.82) is 0 Å². The van der Waals surface area contributed by atoms with E-state index in [0.29, 0.717) is 19.4 Å². The summed E-state index contributed by atoms with van der Waals surface area (Å²) in [5, 5.41) is 19.8. The number of carboxylic acid groups (broad SMARTS) is 1. The van der Waals surface area contributed by atoms with Crippen molar-refractivity contribution in [3.05, 3.63) is 35.8 Å². The number of likely N-dealkylation sites (tertiary alicyclic amines) is 1. The number of hydrogen-bond acceptors (Lipinski definition) is 5. The molecular formula is C22H33FN4O5. The normalized spacial score (nSPS) is 15.8. The Labute approximate surface area is 186 Å². The minimum Gasteiger partial charge on any atom is -0.480 e. The van der Waals surface area contributed by atoms with Crippen molar-refractivity contribution in [3.63, 3.8) is 0 Å². The zero-order valence-electron chi connectivity index (χ0n) is 18.7. The first-order valence-corrected chi connectivity index (χ1v) is 10.6. The Bertz CT molecular complexity index is 902. The van der Waals surface area contributed by atoms with Crippen molar-refractivity contribution in [1.82, 2.24) is 15.2 Å². The molecule has 0 spiro atoms. The van der Waals surface area contributed by atoms with Gasteiger partial charge in [-0.15, -0.1) is 0 Å². The first-order chi connectivity index (χ1) is 15.2. The summed E-state index contributed by atoms with van der Waals surface area (Å²) in [6, 6.07) is 3.25. The number of aliphatic hydroxyl groups is 1. The molecule has 1 aliphatic heterocycles. The molecule has 0 radical (unpaired) electrons. The molecule has 10 heteroatoms. The number of fused-ring (bicyclic) bond motifs is 1. The second-order valence-corrected chi connectivity index (χ2v) is 7.23. The fourth-order valence-corrected chi connectivity index (χ4v) is 3.29. The minimum absolute atomic E-state index is 0.139.